The summed E-state index contributed by atoms with van der Waals surface area (Å²) in [5.74, 6) is -0.752. The lowest BCUT2D eigenvalue weighted by molar-refractivity contribution is -0.384. The lowest BCUT2D eigenvalue weighted by Gasteiger charge is -2.08. The second kappa shape index (κ2) is 7.16. The first-order valence-corrected chi connectivity index (χ1v) is 7.16. The molecule has 0 radical (unpaired) electrons. The number of halogens is 2. The minimum Gasteiger partial charge on any atom is -0.484 e. The van der Waals surface area contributed by atoms with Gasteiger partial charge in [0.2, 0.25) is 0 Å². The van der Waals surface area contributed by atoms with E-state index in [1.54, 1.807) is 6.07 Å². The number of ether oxygens (including phenoxy) is 1. The summed E-state index contributed by atoms with van der Waals surface area (Å²) < 4.78 is 19.5. The summed E-state index contributed by atoms with van der Waals surface area (Å²) in [5.41, 5.74) is -0.00419. The van der Waals surface area contributed by atoms with Crippen molar-refractivity contribution in [1.82, 2.24) is 0 Å². The van der Waals surface area contributed by atoms with Crippen LogP contribution in [0, 0.1) is 19.5 Å². The van der Waals surface area contributed by atoms with Crippen molar-refractivity contribution in [3.63, 3.8) is 0 Å². The van der Waals surface area contributed by atoms with Gasteiger partial charge in [-0.25, -0.2) is 4.39 Å². The van der Waals surface area contributed by atoms with Gasteiger partial charge in [-0.3, -0.25) is 14.9 Å². The van der Waals surface area contributed by atoms with Crippen molar-refractivity contribution in [2.75, 3.05) is 11.9 Å². The molecule has 1 amide bonds. The van der Waals surface area contributed by atoms with E-state index in [0.717, 1.165) is 3.57 Å². The molecule has 22 heavy (non-hydrogen) atoms. The number of non-ortho nitro benzene ring substituents is 1. The van der Waals surface area contributed by atoms with E-state index >= 15 is 0 Å². The number of nitrogens with one attached hydrogen (secondary N) is 1. The van der Waals surface area contributed by atoms with Gasteiger partial charge in [0.05, 0.1) is 10.6 Å². The minimum absolute atomic E-state index is 0.0673. The zero-order valence-corrected chi connectivity index (χ0v) is 13.2. The minimum atomic E-state index is -0.532. The number of nitro benzene ring substituents is 1. The van der Waals surface area contributed by atoms with E-state index in [-0.39, 0.29) is 18.0 Å². The number of nitrogens with zero attached hydrogens (tertiary/aromatic N) is 1. The Morgan fingerprint density at radius 3 is 2.55 bits per heavy atom. The number of anilines is 1. The average Bonchev–Trinajstić information content (AvgIpc) is 2.48. The number of hydrogen-bond acceptors (Lipinski definition) is 4. The highest BCUT2D eigenvalue weighted by atomic mass is 127. The first kappa shape index (κ1) is 16.1. The Morgan fingerprint density at radius 2 is 1.95 bits per heavy atom. The van der Waals surface area contributed by atoms with Crippen LogP contribution in [-0.4, -0.2) is 17.4 Å². The molecule has 6 nitrogen and oxygen atoms in total. The summed E-state index contributed by atoms with van der Waals surface area (Å²) in [6, 6.07) is 9.73. The van der Waals surface area contributed by atoms with E-state index in [9.17, 15) is 19.3 Å². The lowest BCUT2D eigenvalue weighted by Crippen LogP contribution is -2.20. The Hall–Kier alpha value is -2.23. The van der Waals surface area contributed by atoms with Gasteiger partial charge in [-0.15, -0.1) is 0 Å². The van der Waals surface area contributed by atoms with Crippen LogP contribution in [0.1, 0.15) is 0 Å². The predicted octanol–water partition coefficient (Wildman–Crippen LogP) is 3.36. The third kappa shape index (κ3) is 4.38. The molecule has 0 saturated heterocycles. The standard InChI is InChI=1S/C14H10FIN2O4/c15-12-7-9(16)1-6-13(12)17-14(19)8-22-11-4-2-10(3-5-11)18(20)21/h1-7H,8H2,(H,17,19). The molecule has 0 spiro atoms. The zero-order valence-electron chi connectivity index (χ0n) is 11.1. The van der Waals surface area contributed by atoms with Crippen molar-refractivity contribution in [3.8, 4) is 5.75 Å². The van der Waals surface area contributed by atoms with Crippen molar-refractivity contribution in [2.24, 2.45) is 0 Å². The fourth-order valence-corrected chi connectivity index (χ4v) is 2.04. The van der Waals surface area contributed by atoms with Gasteiger partial charge in [-0.2, -0.15) is 0 Å². The van der Waals surface area contributed by atoms with Crippen LogP contribution in [-0.2, 0) is 4.79 Å². The Balaban J connectivity index is 1.91. The predicted molar refractivity (Wildman–Crippen MR) is 86.3 cm³/mol. The van der Waals surface area contributed by atoms with Gasteiger partial charge in [0.1, 0.15) is 11.6 Å². The second-order valence-electron chi connectivity index (χ2n) is 4.21. The molecule has 1 N–H and O–H groups in total. The van der Waals surface area contributed by atoms with Crippen LogP contribution in [0.5, 0.6) is 5.75 Å². The number of carbonyl (C=O) groups excluding carboxylic acids is 1. The van der Waals surface area contributed by atoms with E-state index in [0.29, 0.717) is 5.75 Å². The van der Waals surface area contributed by atoms with Gasteiger partial charge in [0.15, 0.2) is 6.61 Å². The molecule has 0 saturated carbocycles. The SMILES string of the molecule is O=C(COc1ccc([N+](=O)[O-])cc1)Nc1ccc(I)cc1F. The molecule has 0 aliphatic heterocycles. The number of benzene rings is 2. The summed E-state index contributed by atoms with van der Waals surface area (Å²) in [6.07, 6.45) is 0. The van der Waals surface area contributed by atoms with E-state index in [4.69, 9.17) is 4.74 Å². The molecule has 114 valence electrons. The van der Waals surface area contributed by atoms with Gasteiger partial charge in [-0.05, 0) is 52.9 Å². The largest absolute Gasteiger partial charge is 0.484 e. The van der Waals surface area contributed by atoms with Gasteiger partial charge in [0, 0.05) is 15.7 Å². The van der Waals surface area contributed by atoms with Crippen molar-refractivity contribution in [3.05, 3.63) is 62.0 Å². The third-order valence-corrected chi connectivity index (χ3v) is 3.29. The Labute approximate surface area is 138 Å². The van der Waals surface area contributed by atoms with Gasteiger partial charge in [-0.1, -0.05) is 0 Å². The molecule has 0 fully saturated rings. The zero-order chi connectivity index (χ0) is 16.1. The van der Waals surface area contributed by atoms with Crippen molar-refractivity contribution >= 4 is 39.9 Å². The summed E-state index contributed by atoms with van der Waals surface area (Å²) in [7, 11) is 0. The molecule has 0 unspecified atom stereocenters. The molecule has 8 heteroatoms. The molecular formula is C14H10FIN2O4. The fourth-order valence-electron chi connectivity index (χ4n) is 1.59. The number of hydrogen-bond donors (Lipinski definition) is 1. The van der Waals surface area contributed by atoms with Crippen LogP contribution in [0.15, 0.2) is 42.5 Å². The molecule has 0 aliphatic rings. The molecular weight excluding hydrogens is 406 g/mol. The molecule has 0 aromatic heterocycles. The Kier molecular flexibility index (Phi) is 5.26. The molecule has 0 atom stereocenters. The van der Waals surface area contributed by atoms with E-state index in [1.807, 2.05) is 22.6 Å². The average molecular weight is 416 g/mol. The topological polar surface area (TPSA) is 81.5 Å². The van der Waals surface area contributed by atoms with E-state index < -0.39 is 16.6 Å². The highest BCUT2D eigenvalue weighted by molar-refractivity contribution is 14.1. The summed E-state index contributed by atoms with van der Waals surface area (Å²) in [4.78, 5) is 21.7. The normalized spacial score (nSPS) is 10.1. The molecule has 2 aromatic rings. The highest BCUT2D eigenvalue weighted by Crippen LogP contribution is 2.18. The van der Waals surface area contributed by atoms with Gasteiger partial charge >= 0.3 is 0 Å². The first-order valence-electron chi connectivity index (χ1n) is 6.08. The number of rotatable bonds is 5. The monoisotopic (exact) mass is 416 g/mol. The fraction of sp³-hybridized carbons (Fsp3) is 0.0714. The molecule has 0 aliphatic carbocycles. The van der Waals surface area contributed by atoms with Crippen LogP contribution in [0.25, 0.3) is 0 Å². The number of carbonyl (C=O) groups is 1. The quantitative estimate of drug-likeness (QED) is 0.461. The van der Waals surface area contributed by atoms with Gasteiger partial charge < -0.3 is 10.1 Å². The molecule has 2 rings (SSSR count). The maximum atomic E-state index is 13.6. The maximum Gasteiger partial charge on any atom is 0.269 e. The summed E-state index contributed by atoms with van der Waals surface area (Å²) >= 11 is 1.96. The lowest BCUT2D eigenvalue weighted by atomic mass is 10.3. The molecule has 2 aromatic carbocycles. The Bertz CT molecular complexity index is 706. The van der Waals surface area contributed by atoms with E-state index in [2.05, 4.69) is 5.32 Å². The highest BCUT2D eigenvalue weighted by Gasteiger charge is 2.09. The summed E-state index contributed by atoms with van der Waals surface area (Å²) in [6.45, 7) is -0.330. The van der Waals surface area contributed by atoms with Crippen LogP contribution >= 0.6 is 22.6 Å². The van der Waals surface area contributed by atoms with Crippen LogP contribution in [0.3, 0.4) is 0 Å². The van der Waals surface area contributed by atoms with Crippen LogP contribution in [0.4, 0.5) is 15.8 Å². The first-order chi connectivity index (χ1) is 10.5. The Morgan fingerprint density at radius 1 is 1.27 bits per heavy atom. The number of amides is 1. The van der Waals surface area contributed by atoms with E-state index in [1.165, 1.54) is 36.4 Å². The van der Waals surface area contributed by atoms with Crippen molar-refractivity contribution < 1.29 is 18.8 Å². The van der Waals surface area contributed by atoms with Crippen LogP contribution < -0.4 is 10.1 Å². The summed E-state index contributed by atoms with van der Waals surface area (Å²) in [5, 5.41) is 12.9. The third-order valence-electron chi connectivity index (χ3n) is 2.62. The van der Waals surface area contributed by atoms with Crippen molar-refractivity contribution in [1.29, 1.82) is 0 Å². The smallest absolute Gasteiger partial charge is 0.269 e. The maximum absolute atomic E-state index is 13.6. The van der Waals surface area contributed by atoms with Crippen molar-refractivity contribution in [2.45, 2.75) is 0 Å². The second-order valence-corrected chi connectivity index (χ2v) is 5.46. The molecule has 0 bridgehead atoms. The van der Waals surface area contributed by atoms with Gasteiger partial charge in [0.25, 0.3) is 11.6 Å². The molecule has 0 heterocycles. The van der Waals surface area contributed by atoms with Crippen LogP contribution in [0.2, 0.25) is 0 Å². The number of nitro groups is 1.